The molecule has 0 unspecified atom stereocenters. The van der Waals surface area contributed by atoms with Crippen LogP contribution in [0.1, 0.15) is 38.2 Å². The average molecular weight is 274 g/mol. The number of nitrogens with zero attached hydrogens (tertiary/aromatic N) is 1. The van der Waals surface area contributed by atoms with Crippen molar-refractivity contribution in [1.82, 2.24) is 9.88 Å². The fourth-order valence-electron chi connectivity index (χ4n) is 2.66. The van der Waals surface area contributed by atoms with Crippen molar-refractivity contribution in [2.75, 3.05) is 13.2 Å². The zero-order valence-electron chi connectivity index (χ0n) is 12.4. The summed E-state index contributed by atoms with van der Waals surface area (Å²) in [6, 6.07) is 8.65. The van der Waals surface area contributed by atoms with Crippen LogP contribution in [0.2, 0.25) is 0 Å². The third-order valence-electron chi connectivity index (χ3n) is 3.74. The zero-order chi connectivity index (χ0) is 14.2. The summed E-state index contributed by atoms with van der Waals surface area (Å²) in [5.74, 6) is 0. The molecular weight excluding hydrogens is 248 g/mol. The summed E-state index contributed by atoms with van der Waals surface area (Å²) in [5, 5.41) is 13.6. The van der Waals surface area contributed by atoms with Crippen LogP contribution in [0.4, 0.5) is 0 Å². The van der Waals surface area contributed by atoms with Crippen LogP contribution in [0, 0.1) is 0 Å². The van der Waals surface area contributed by atoms with E-state index >= 15 is 0 Å². The minimum atomic E-state index is 0.319. The molecule has 20 heavy (non-hydrogen) atoms. The van der Waals surface area contributed by atoms with E-state index in [4.69, 9.17) is 5.11 Å². The Morgan fingerprint density at radius 2 is 1.90 bits per heavy atom. The van der Waals surface area contributed by atoms with Crippen LogP contribution < -0.4 is 5.32 Å². The Hall–Kier alpha value is -1.32. The third kappa shape index (κ3) is 3.84. The molecule has 0 aliphatic carbocycles. The zero-order valence-corrected chi connectivity index (χ0v) is 12.4. The van der Waals surface area contributed by atoms with Crippen molar-refractivity contribution in [2.24, 2.45) is 0 Å². The van der Waals surface area contributed by atoms with E-state index in [1.807, 2.05) is 0 Å². The first-order valence-corrected chi connectivity index (χ1v) is 7.75. The van der Waals surface area contributed by atoms with Crippen molar-refractivity contribution in [3.8, 4) is 0 Å². The number of aliphatic hydroxyl groups excluding tert-OH is 1. The van der Waals surface area contributed by atoms with Crippen molar-refractivity contribution >= 4 is 10.9 Å². The van der Waals surface area contributed by atoms with Crippen LogP contribution in [0.25, 0.3) is 10.9 Å². The Kier molecular flexibility index (Phi) is 6.09. The fraction of sp³-hybridized carbons (Fsp3) is 0.529. The second kappa shape index (κ2) is 8.08. The number of unbranched alkanes of at least 4 members (excludes halogenated alkanes) is 3. The highest BCUT2D eigenvalue weighted by Gasteiger charge is 2.07. The summed E-state index contributed by atoms with van der Waals surface area (Å²) in [6.07, 6.45) is 6.71. The molecule has 0 atom stereocenters. The van der Waals surface area contributed by atoms with Crippen LogP contribution in [0.3, 0.4) is 0 Å². The van der Waals surface area contributed by atoms with Gasteiger partial charge in [-0.25, -0.2) is 0 Å². The minimum Gasteiger partial charge on any atom is -0.396 e. The van der Waals surface area contributed by atoms with Crippen molar-refractivity contribution in [2.45, 2.75) is 45.7 Å². The van der Waals surface area contributed by atoms with E-state index in [-0.39, 0.29) is 0 Å². The van der Waals surface area contributed by atoms with E-state index in [1.165, 1.54) is 29.3 Å². The van der Waals surface area contributed by atoms with Gasteiger partial charge in [0, 0.05) is 36.8 Å². The molecule has 0 amide bonds. The Morgan fingerprint density at radius 3 is 2.70 bits per heavy atom. The molecule has 0 bridgehead atoms. The molecule has 0 fully saturated rings. The lowest BCUT2D eigenvalue weighted by Crippen LogP contribution is -2.11. The van der Waals surface area contributed by atoms with Crippen LogP contribution in [0.15, 0.2) is 30.5 Å². The lowest BCUT2D eigenvalue weighted by Gasteiger charge is -2.04. The van der Waals surface area contributed by atoms with Gasteiger partial charge in [-0.2, -0.15) is 0 Å². The molecule has 2 N–H and O–H groups in total. The first kappa shape index (κ1) is 15.1. The van der Waals surface area contributed by atoms with Crippen LogP contribution in [0.5, 0.6) is 0 Å². The summed E-state index contributed by atoms with van der Waals surface area (Å²) in [4.78, 5) is 0. The standard InChI is InChI=1S/C17H26N2O/c1-2-18-13-15-14-19(11-7-3-4-8-12-20)17-10-6-5-9-16(15)17/h5-6,9-10,14,18,20H,2-4,7-8,11-13H2,1H3. The predicted molar refractivity (Wildman–Crippen MR) is 84.9 cm³/mol. The van der Waals surface area contributed by atoms with Gasteiger partial charge in [0.1, 0.15) is 0 Å². The fourth-order valence-corrected chi connectivity index (χ4v) is 2.66. The normalized spacial score (nSPS) is 11.3. The van der Waals surface area contributed by atoms with Crippen LogP contribution in [-0.2, 0) is 13.1 Å². The summed E-state index contributed by atoms with van der Waals surface area (Å²) in [6.45, 7) is 5.47. The van der Waals surface area contributed by atoms with Crippen molar-refractivity contribution in [3.05, 3.63) is 36.0 Å². The van der Waals surface area contributed by atoms with Crippen molar-refractivity contribution < 1.29 is 5.11 Å². The van der Waals surface area contributed by atoms with E-state index in [0.29, 0.717) is 6.61 Å². The van der Waals surface area contributed by atoms with Gasteiger partial charge in [-0.15, -0.1) is 0 Å². The first-order valence-electron chi connectivity index (χ1n) is 7.75. The quantitative estimate of drug-likeness (QED) is 0.688. The van der Waals surface area contributed by atoms with Crippen LogP contribution in [-0.4, -0.2) is 22.8 Å². The molecule has 1 heterocycles. The topological polar surface area (TPSA) is 37.2 Å². The highest BCUT2D eigenvalue weighted by molar-refractivity contribution is 5.83. The smallest absolute Gasteiger partial charge is 0.0483 e. The number of fused-ring (bicyclic) bond motifs is 1. The van der Waals surface area contributed by atoms with Gasteiger partial charge in [-0.05, 0) is 31.0 Å². The van der Waals surface area contributed by atoms with Gasteiger partial charge in [-0.3, -0.25) is 0 Å². The molecule has 3 nitrogen and oxygen atoms in total. The third-order valence-corrected chi connectivity index (χ3v) is 3.74. The second-order valence-corrected chi connectivity index (χ2v) is 5.28. The number of para-hydroxylation sites is 1. The average Bonchev–Trinajstić information content (AvgIpc) is 2.83. The summed E-state index contributed by atoms with van der Waals surface area (Å²) in [7, 11) is 0. The molecule has 0 radical (unpaired) electrons. The van der Waals surface area contributed by atoms with Gasteiger partial charge in [-0.1, -0.05) is 38.0 Å². The molecule has 2 aromatic rings. The number of aryl methyl sites for hydroxylation is 1. The molecule has 0 aliphatic rings. The van der Waals surface area contributed by atoms with Crippen molar-refractivity contribution in [3.63, 3.8) is 0 Å². The number of nitrogens with one attached hydrogen (secondary N) is 1. The van der Waals surface area contributed by atoms with E-state index in [2.05, 4.69) is 47.3 Å². The monoisotopic (exact) mass is 274 g/mol. The maximum Gasteiger partial charge on any atom is 0.0483 e. The lowest BCUT2D eigenvalue weighted by molar-refractivity contribution is 0.282. The Morgan fingerprint density at radius 1 is 1.10 bits per heavy atom. The number of benzene rings is 1. The van der Waals surface area contributed by atoms with Gasteiger partial charge in [0.05, 0.1) is 0 Å². The molecule has 0 aliphatic heterocycles. The van der Waals surface area contributed by atoms with Gasteiger partial charge >= 0.3 is 0 Å². The van der Waals surface area contributed by atoms with Crippen LogP contribution >= 0.6 is 0 Å². The van der Waals surface area contributed by atoms with Crippen molar-refractivity contribution in [1.29, 1.82) is 0 Å². The number of hydrogen-bond donors (Lipinski definition) is 2. The summed E-state index contributed by atoms with van der Waals surface area (Å²) in [5.41, 5.74) is 2.72. The SMILES string of the molecule is CCNCc1cn(CCCCCCO)c2ccccc12. The Balaban J connectivity index is 2.04. The molecule has 1 aromatic heterocycles. The minimum absolute atomic E-state index is 0.319. The maximum absolute atomic E-state index is 8.80. The molecule has 110 valence electrons. The largest absolute Gasteiger partial charge is 0.396 e. The van der Waals surface area contributed by atoms with E-state index in [9.17, 15) is 0 Å². The lowest BCUT2D eigenvalue weighted by atomic mass is 10.2. The highest BCUT2D eigenvalue weighted by Crippen LogP contribution is 2.22. The Bertz CT molecular complexity index is 519. The molecule has 2 rings (SSSR count). The molecule has 0 saturated heterocycles. The number of hydrogen-bond acceptors (Lipinski definition) is 2. The highest BCUT2D eigenvalue weighted by atomic mass is 16.2. The summed E-state index contributed by atoms with van der Waals surface area (Å²) >= 11 is 0. The van der Waals surface area contributed by atoms with Gasteiger partial charge in [0.2, 0.25) is 0 Å². The number of rotatable bonds is 9. The molecular formula is C17H26N2O. The van der Waals surface area contributed by atoms with Gasteiger partial charge in [0.15, 0.2) is 0 Å². The van der Waals surface area contributed by atoms with E-state index < -0.39 is 0 Å². The van der Waals surface area contributed by atoms with E-state index in [1.54, 1.807) is 0 Å². The molecule has 0 saturated carbocycles. The number of aromatic nitrogens is 1. The predicted octanol–water partition coefficient (Wildman–Crippen LogP) is 3.30. The van der Waals surface area contributed by atoms with Gasteiger partial charge in [0.25, 0.3) is 0 Å². The molecule has 3 heteroatoms. The first-order chi connectivity index (χ1) is 9.86. The van der Waals surface area contributed by atoms with Gasteiger partial charge < -0.3 is 15.0 Å². The second-order valence-electron chi connectivity index (χ2n) is 5.28. The Labute approximate surface area is 121 Å². The van der Waals surface area contributed by atoms with E-state index in [0.717, 1.165) is 32.5 Å². The number of aliphatic hydroxyl groups is 1. The maximum atomic E-state index is 8.80. The molecule has 0 spiro atoms. The summed E-state index contributed by atoms with van der Waals surface area (Å²) < 4.78 is 2.38. The molecule has 1 aromatic carbocycles.